The van der Waals surface area contributed by atoms with Crippen molar-refractivity contribution in [2.45, 2.75) is 19.4 Å². The van der Waals surface area contributed by atoms with Crippen LogP contribution in [0.1, 0.15) is 12.2 Å². The van der Waals surface area contributed by atoms with Gasteiger partial charge in [0.05, 0.1) is 12.5 Å². The molecule has 2 heterocycles. The predicted molar refractivity (Wildman–Crippen MR) is 76.4 cm³/mol. The first-order valence-electron chi connectivity index (χ1n) is 6.69. The minimum absolute atomic E-state index is 0.788. The molecule has 7 heteroatoms. The molecule has 0 fully saturated rings. The van der Waals surface area contributed by atoms with E-state index in [4.69, 9.17) is 4.42 Å². The van der Waals surface area contributed by atoms with Crippen molar-refractivity contribution >= 4 is 5.96 Å². The maximum absolute atomic E-state index is 5.27. The maximum Gasteiger partial charge on any atom is 0.190 e. The number of rotatable bonds is 7. The highest BCUT2D eigenvalue weighted by Crippen LogP contribution is 1.99. The molecule has 2 aromatic heterocycles. The smallest absolute Gasteiger partial charge is 0.190 e. The van der Waals surface area contributed by atoms with E-state index in [-0.39, 0.29) is 0 Å². The third-order valence-electron chi connectivity index (χ3n) is 2.80. The summed E-state index contributed by atoms with van der Waals surface area (Å²) in [6, 6.07) is 3.86. The molecule has 0 unspecified atom stereocenters. The lowest BCUT2D eigenvalue weighted by Crippen LogP contribution is -2.38. The van der Waals surface area contributed by atoms with Gasteiger partial charge in [-0.05, 0) is 18.6 Å². The molecule has 108 valence electrons. The summed E-state index contributed by atoms with van der Waals surface area (Å²) in [6.45, 7) is 2.47. The van der Waals surface area contributed by atoms with E-state index in [1.165, 1.54) is 0 Å². The Balaban J connectivity index is 1.58. The zero-order valence-electron chi connectivity index (χ0n) is 11.6. The van der Waals surface area contributed by atoms with E-state index in [1.807, 2.05) is 23.0 Å². The Morgan fingerprint density at radius 2 is 2.30 bits per heavy atom. The summed E-state index contributed by atoms with van der Waals surface area (Å²) in [6.07, 6.45) is 7.03. The molecular weight excluding hydrogens is 256 g/mol. The summed E-state index contributed by atoms with van der Waals surface area (Å²) in [7, 11) is 1.76. The molecule has 0 atom stereocenters. The molecule has 2 rings (SSSR count). The van der Waals surface area contributed by atoms with E-state index in [2.05, 4.69) is 25.9 Å². The molecule has 20 heavy (non-hydrogen) atoms. The monoisotopic (exact) mass is 276 g/mol. The van der Waals surface area contributed by atoms with Crippen LogP contribution in [0, 0.1) is 0 Å². The lowest BCUT2D eigenvalue weighted by atomic mass is 10.3. The number of aryl methyl sites for hydroxylation is 1. The summed E-state index contributed by atoms with van der Waals surface area (Å²) < 4.78 is 7.09. The van der Waals surface area contributed by atoms with E-state index >= 15 is 0 Å². The van der Waals surface area contributed by atoms with Crippen molar-refractivity contribution in [3.63, 3.8) is 0 Å². The van der Waals surface area contributed by atoms with E-state index in [0.717, 1.165) is 44.2 Å². The second kappa shape index (κ2) is 7.98. The van der Waals surface area contributed by atoms with Crippen molar-refractivity contribution < 1.29 is 4.42 Å². The van der Waals surface area contributed by atoms with E-state index in [9.17, 15) is 0 Å². The van der Waals surface area contributed by atoms with Crippen LogP contribution in [0.2, 0.25) is 0 Å². The largest absolute Gasteiger partial charge is 0.469 e. The third kappa shape index (κ3) is 4.75. The highest BCUT2D eigenvalue weighted by Gasteiger charge is 1.99. The zero-order chi connectivity index (χ0) is 14.0. The molecule has 0 spiro atoms. The van der Waals surface area contributed by atoms with Crippen molar-refractivity contribution in [3.8, 4) is 0 Å². The Labute approximate surface area is 118 Å². The van der Waals surface area contributed by atoms with Gasteiger partial charge in [-0.3, -0.25) is 9.67 Å². The van der Waals surface area contributed by atoms with E-state index < -0.39 is 0 Å². The van der Waals surface area contributed by atoms with Crippen LogP contribution >= 0.6 is 0 Å². The Morgan fingerprint density at radius 3 is 3.00 bits per heavy atom. The fourth-order valence-corrected chi connectivity index (χ4v) is 1.78. The number of hydrogen-bond acceptors (Lipinski definition) is 4. The molecule has 0 aliphatic carbocycles. The zero-order valence-corrected chi connectivity index (χ0v) is 11.6. The summed E-state index contributed by atoms with van der Waals surface area (Å²) in [4.78, 5) is 4.17. The van der Waals surface area contributed by atoms with Gasteiger partial charge in [-0.2, -0.15) is 0 Å². The average Bonchev–Trinajstić information content (AvgIpc) is 3.14. The van der Waals surface area contributed by atoms with Crippen LogP contribution in [0.5, 0.6) is 0 Å². The van der Waals surface area contributed by atoms with Crippen molar-refractivity contribution in [2.24, 2.45) is 4.99 Å². The maximum atomic E-state index is 5.27. The summed E-state index contributed by atoms with van der Waals surface area (Å²) in [5, 5.41) is 14.2. The Kier molecular flexibility index (Phi) is 5.63. The fraction of sp³-hybridized carbons (Fsp3) is 0.462. The first-order chi connectivity index (χ1) is 9.88. The summed E-state index contributed by atoms with van der Waals surface area (Å²) in [5.41, 5.74) is 0. The van der Waals surface area contributed by atoms with Gasteiger partial charge in [-0.1, -0.05) is 5.21 Å². The number of nitrogens with one attached hydrogen (secondary N) is 2. The van der Waals surface area contributed by atoms with Gasteiger partial charge < -0.3 is 15.1 Å². The number of aromatic nitrogens is 3. The number of aliphatic imine (C=N–C) groups is 1. The van der Waals surface area contributed by atoms with Gasteiger partial charge in [0.1, 0.15) is 5.76 Å². The predicted octanol–water partition coefficient (Wildman–Crippen LogP) is 0.669. The van der Waals surface area contributed by atoms with Gasteiger partial charge in [0.25, 0.3) is 0 Å². The van der Waals surface area contributed by atoms with Crippen molar-refractivity contribution in [1.29, 1.82) is 0 Å². The molecule has 0 aromatic carbocycles. The van der Waals surface area contributed by atoms with Crippen molar-refractivity contribution in [1.82, 2.24) is 25.6 Å². The van der Waals surface area contributed by atoms with Crippen LogP contribution in [0.3, 0.4) is 0 Å². The number of nitrogens with zero attached hydrogens (tertiary/aromatic N) is 4. The van der Waals surface area contributed by atoms with E-state index in [0.29, 0.717) is 0 Å². The molecule has 2 N–H and O–H groups in total. The molecule has 0 saturated heterocycles. The highest BCUT2D eigenvalue weighted by molar-refractivity contribution is 5.79. The molecule has 0 amide bonds. The quantitative estimate of drug-likeness (QED) is 0.441. The number of hydrogen-bond donors (Lipinski definition) is 2. The second-order valence-corrected chi connectivity index (χ2v) is 4.27. The average molecular weight is 276 g/mol. The normalized spacial score (nSPS) is 11.6. The van der Waals surface area contributed by atoms with Gasteiger partial charge in [-0.25, -0.2) is 0 Å². The summed E-state index contributed by atoms with van der Waals surface area (Å²) in [5.74, 6) is 1.77. The lowest BCUT2D eigenvalue weighted by molar-refractivity contribution is 0.506. The number of furan rings is 1. The molecule has 2 aromatic rings. The standard InChI is InChI=1S/C13H20N6O/c1-14-13(16-7-5-12-4-2-11-20-12)15-6-3-9-19-10-8-17-18-19/h2,4,8,10-11H,3,5-7,9H2,1H3,(H2,14,15,16). The third-order valence-corrected chi connectivity index (χ3v) is 2.80. The second-order valence-electron chi connectivity index (χ2n) is 4.27. The first kappa shape index (κ1) is 14.1. The summed E-state index contributed by atoms with van der Waals surface area (Å²) >= 11 is 0. The van der Waals surface area contributed by atoms with Gasteiger partial charge >= 0.3 is 0 Å². The topological polar surface area (TPSA) is 80.3 Å². The Bertz CT molecular complexity index is 491. The SMILES string of the molecule is CN=C(NCCCn1ccnn1)NCCc1ccco1. The van der Waals surface area contributed by atoms with Gasteiger partial charge in [0.15, 0.2) is 5.96 Å². The van der Waals surface area contributed by atoms with Gasteiger partial charge in [0.2, 0.25) is 0 Å². The molecule has 0 aliphatic heterocycles. The molecule has 0 bridgehead atoms. The van der Waals surface area contributed by atoms with Crippen molar-refractivity contribution in [3.05, 3.63) is 36.5 Å². The number of guanidine groups is 1. The molecular formula is C13H20N6O. The Morgan fingerprint density at radius 1 is 1.40 bits per heavy atom. The van der Waals surface area contributed by atoms with Crippen LogP contribution in [0.25, 0.3) is 0 Å². The van der Waals surface area contributed by atoms with Crippen LogP contribution in [0.4, 0.5) is 0 Å². The minimum Gasteiger partial charge on any atom is -0.469 e. The fourth-order valence-electron chi connectivity index (χ4n) is 1.78. The van der Waals surface area contributed by atoms with Crippen LogP contribution < -0.4 is 10.6 Å². The lowest BCUT2D eigenvalue weighted by Gasteiger charge is -2.11. The molecule has 0 saturated carbocycles. The first-order valence-corrected chi connectivity index (χ1v) is 6.69. The van der Waals surface area contributed by atoms with E-state index in [1.54, 1.807) is 19.5 Å². The van der Waals surface area contributed by atoms with Crippen molar-refractivity contribution in [2.75, 3.05) is 20.1 Å². The van der Waals surface area contributed by atoms with Crippen LogP contribution in [-0.4, -0.2) is 41.1 Å². The molecule has 7 nitrogen and oxygen atoms in total. The van der Waals surface area contributed by atoms with Crippen LogP contribution in [-0.2, 0) is 13.0 Å². The van der Waals surface area contributed by atoms with Gasteiger partial charge in [-0.15, -0.1) is 5.10 Å². The minimum atomic E-state index is 0.788. The Hall–Kier alpha value is -2.31. The van der Waals surface area contributed by atoms with Gasteiger partial charge in [0, 0.05) is 39.3 Å². The van der Waals surface area contributed by atoms with Crippen LogP contribution in [0.15, 0.2) is 40.2 Å². The highest BCUT2D eigenvalue weighted by atomic mass is 16.3. The molecule has 0 radical (unpaired) electrons. The molecule has 0 aliphatic rings.